The van der Waals surface area contributed by atoms with Crippen LogP contribution in [-0.2, 0) is 11.2 Å². The topological polar surface area (TPSA) is 66.5 Å². The molecule has 1 atom stereocenters. The molecule has 3 amide bonds. The zero-order valence-corrected chi connectivity index (χ0v) is 17.8. The minimum absolute atomic E-state index is 0.230. The molecular weight excluding hydrogens is 444 g/mol. The van der Waals surface area contributed by atoms with Crippen molar-refractivity contribution in [3.8, 4) is 0 Å². The van der Waals surface area contributed by atoms with E-state index < -0.39 is 23.8 Å². The summed E-state index contributed by atoms with van der Waals surface area (Å²) in [6.45, 7) is 1.92. The molecule has 3 aromatic carbocycles. The van der Waals surface area contributed by atoms with Crippen LogP contribution in [0, 0.1) is 6.92 Å². The van der Waals surface area contributed by atoms with E-state index in [1.54, 1.807) is 30.3 Å². The van der Waals surface area contributed by atoms with Crippen LogP contribution in [0.15, 0.2) is 77.3 Å². The number of carbonyl (C=O) groups is 3. The lowest BCUT2D eigenvalue weighted by atomic mass is 10.0. The number of carbonyl (C=O) groups excluding carboxylic acids is 3. The Balaban J connectivity index is 1.68. The molecule has 0 saturated carbocycles. The summed E-state index contributed by atoms with van der Waals surface area (Å²) in [7, 11) is 0. The van der Waals surface area contributed by atoms with E-state index in [2.05, 4.69) is 21.2 Å². The van der Waals surface area contributed by atoms with Crippen LogP contribution in [-0.4, -0.2) is 28.7 Å². The van der Waals surface area contributed by atoms with Gasteiger partial charge in [0.05, 0.1) is 11.1 Å². The number of imide groups is 1. The standard InChI is InChI=1S/C24H19BrN2O3/c1-15-13-17(11-12-20(15)25)26-22(28)21(14-16-7-3-2-4-8-16)27-23(29)18-9-5-6-10-19(18)24(27)30/h2-13,21H,14H2,1H3,(H,26,28). The number of aryl methyl sites for hydroxylation is 1. The maximum Gasteiger partial charge on any atom is 0.262 e. The number of amides is 3. The Hall–Kier alpha value is -3.25. The molecule has 0 spiro atoms. The van der Waals surface area contributed by atoms with Gasteiger partial charge in [-0.05, 0) is 48.4 Å². The maximum atomic E-state index is 13.3. The summed E-state index contributed by atoms with van der Waals surface area (Å²) in [5.41, 5.74) is 3.09. The van der Waals surface area contributed by atoms with Crippen molar-refractivity contribution < 1.29 is 14.4 Å². The van der Waals surface area contributed by atoms with Crippen molar-refractivity contribution in [1.29, 1.82) is 0 Å². The Bertz CT molecular complexity index is 1110. The number of anilines is 1. The Labute approximate surface area is 182 Å². The lowest BCUT2D eigenvalue weighted by molar-refractivity contribution is -0.119. The minimum atomic E-state index is -0.969. The average Bonchev–Trinajstić information content (AvgIpc) is 3.00. The Kier molecular flexibility index (Phi) is 5.50. The lowest BCUT2D eigenvalue weighted by Gasteiger charge is -2.25. The van der Waals surface area contributed by atoms with Crippen molar-refractivity contribution >= 4 is 39.3 Å². The minimum Gasteiger partial charge on any atom is -0.324 e. The summed E-state index contributed by atoms with van der Waals surface area (Å²) in [4.78, 5) is 40.4. The maximum absolute atomic E-state index is 13.3. The highest BCUT2D eigenvalue weighted by Gasteiger charge is 2.42. The number of rotatable bonds is 5. The van der Waals surface area contributed by atoms with Crippen LogP contribution in [0.1, 0.15) is 31.8 Å². The first-order valence-corrected chi connectivity index (χ1v) is 10.3. The van der Waals surface area contributed by atoms with Crippen LogP contribution in [0.4, 0.5) is 5.69 Å². The molecule has 1 aliphatic rings. The van der Waals surface area contributed by atoms with Gasteiger partial charge in [-0.15, -0.1) is 0 Å². The molecule has 0 aliphatic carbocycles. The van der Waals surface area contributed by atoms with Gasteiger partial charge >= 0.3 is 0 Å². The molecule has 0 saturated heterocycles. The highest BCUT2D eigenvalue weighted by atomic mass is 79.9. The van der Waals surface area contributed by atoms with Crippen molar-refractivity contribution in [1.82, 2.24) is 4.90 Å². The second kappa shape index (κ2) is 8.24. The summed E-state index contributed by atoms with van der Waals surface area (Å²) < 4.78 is 0.932. The normalized spacial score (nSPS) is 13.9. The fourth-order valence-corrected chi connectivity index (χ4v) is 3.82. The third-order valence-corrected chi connectivity index (χ3v) is 6.03. The molecule has 3 aromatic rings. The van der Waals surface area contributed by atoms with E-state index >= 15 is 0 Å². The molecular formula is C24H19BrN2O3. The summed E-state index contributed by atoms with van der Waals surface area (Å²) in [5, 5.41) is 2.87. The molecule has 0 bridgehead atoms. The van der Waals surface area contributed by atoms with E-state index in [4.69, 9.17) is 0 Å². The monoisotopic (exact) mass is 462 g/mol. The summed E-state index contributed by atoms with van der Waals surface area (Å²) in [6, 6.07) is 20.5. The van der Waals surface area contributed by atoms with Gasteiger partial charge in [0, 0.05) is 16.6 Å². The van der Waals surface area contributed by atoms with Gasteiger partial charge in [-0.2, -0.15) is 0 Å². The van der Waals surface area contributed by atoms with Crippen LogP contribution < -0.4 is 5.32 Å². The molecule has 1 aliphatic heterocycles. The number of nitrogens with one attached hydrogen (secondary N) is 1. The molecule has 6 heteroatoms. The van der Waals surface area contributed by atoms with E-state index in [0.29, 0.717) is 16.8 Å². The van der Waals surface area contributed by atoms with Crippen LogP contribution in [0.5, 0.6) is 0 Å². The molecule has 1 N–H and O–H groups in total. The van der Waals surface area contributed by atoms with Crippen LogP contribution in [0.3, 0.4) is 0 Å². The predicted molar refractivity (Wildman–Crippen MR) is 118 cm³/mol. The number of hydrogen-bond donors (Lipinski definition) is 1. The lowest BCUT2D eigenvalue weighted by Crippen LogP contribution is -2.48. The third kappa shape index (κ3) is 3.78. The zero-order chi connectivity index (χ0) is 21.3. The first-order chi connectivity index (χ1) is 14.5. The Morgan fingerprint density at radius 2 is 1.53 bits per heavy atom. The second-order valence-corrected chi connectivity index (χ2v) is 8.04. The fraction of sp³-hybridized carbons (Fsp3) is 0.125. The summed E-state index contributed by atoms with van der Waals surface area (Å²) in [6.07, 6.45) is 0.230. The van der Waals surface area contributed by atoms with Gasteiger partial charge in [0.15, 0.2) is 0 Å². The fourth-order valence-electron chi connectivity index (χ4n) is 3.58. The van der Waals surface area contributed by atoms with Gasteiger partial charge in [0.1, 0.15) is 6.04 Å². The predicted octanol–water partition coefficient (Wildman–Crippen LogP) is 4.60. The SMILES string of the molecule is Cc1cc(NC(=O)C(Cc2ccccc2)N2C(=O)c3ccccc3C2=O)ccc1Br. The van der Waals surface area contributed by atoms with Crippen LogP contribution in [0.2, 0.25) is 0 Å². The first-order valence-electron chi connectivity index (χ1n) is 9.53. The molecule has 1 heterocycles. The van der Waals surface area contributed by atoms with E-state index in [1.807, 2.05) is 49.4 Å². The molecule has 30 heavy (non-hydrogen) atoms. The number of halogens is 1. The van der Waals surface area contributed by atoms with Gasteiger partial charge in [-0.1, -0.05) is 58.4 Å². The van der Waals surface area contributed by atoms with Gasteiger partial charge in [-0.3, -0.25) is 19.3 Å². The van der Waals surface area contributed by atoms with Gasteiger partial charge in [0.25, 0.3) is 11.8 Å². The highest BCUT2D eigenvalue weighted by Crippen LogP contribution is 2.27. The molecule has 0 radical (unpaired) electrons. The van der Waals surface area contributed by atoms with E-state index in [0.717, 1.165) is 20.5 Å². The highest BCUT2D eigenvalue weighted by molar-refractivity contribution is 9.10. The van der Waals surface area contributed by atoms with E-state index in [1.165, 1.54) is 0 Å². The van der Waals surface area contributed by atoms with Crippen molar-refractivity contribution in [2.75, 3.05) is 5.32 Å². The molecule has 150 valence electrons. The molecule has 0 aromatic heterocycles. The molecule has 1 unspecified atom stereocenters. The first kappa shape index (κ1) is 20.0. The van der Waals surface area contributed by atoms with Crippen molar-refractivity contribution in [2.24, 2.45) is 0 Å². The summed E-state index contributed by atoms with van der Waals surface area (Å²) in [5.74, 6) is -1.30. The summed E-state index contributed by atoms with van der Waals surface area (Å²) >= 11 is 3.44. The van der Waals surface area contributed by atoms with Crippen LogP contribution >= 0.6 is 15.9 Å². The number of benzene rings is 3. The van der Waals surface area contributed by atoms with Gasteiger partial charge < -0.3 is 5.32 Å². The van der Waals surface area contributed by atoms with Crippen molar-refractivity contribution in [3.05, 3.63) is 99.5 Å². The Morgan fingerprint density at radius 1 is 0.933 bits per heavy atom. The Morgan fingerprint density at radius 3 is 2.13 bits per heavy atom. The second-order valence-electron chi connectivity index (χ2n) is 7.18. The van der Waals surface area contributed by atoms with E-state index in [-0.39, 0.29) is 6.42 Å². The smallest absolute Gasteiger partial charge is 0.262 e. The quantitative estimate of drug-likeness (QED) is 0.563. The molecule has 0 fully saturated rings. The number of nitrogens with zero attached hydrogens (tertiary/aromatic N) is 1. The van der Waals surface area contributed by atoms with Gasteiger partial charge in [0.2, 0.25) is 5.91 Å². The third-order valence-electron chi connectivity index (χ3n) is 5.14. The number of fused-ring (bicyclic) bond motifs is 1. The van der Waals surface area contributed by atoms with Crippen molar-refractivity contribution in [3.63, 3.8) is 0 Å². The average molecular weight is 463 g/mol. The van der Waals surface area contributed by atoms with Crippen molar-refractivity contribution in [2.45, 2.75) is 19.4 Å². The zero-order valence-electron chi connectivity index (χ0n) is 16.3. The number of hydrogen-bond acceptors (Lipinski definition) is 3. The largest absolute Gasteiger partial charge is 0.324 e. The van der Waals surface area contributed by atoms with Crippen LogP contribution in [0.25, 0.3) is 0 Å². The van der Waals surface area contributed by atoms with Gasteiger partial charge in [-0.25, -0.2) is 0 Å². The van der Waals surface area contributed by atoms with E-state index in [9.17, 15) is 14.4 Å². The molecule has 5 nitrogen and oxygen atoms in total. The molecule has 4 rings (SSSR count).